The molecule has 1 aliphatic heterocycles. The fourth-order valence-electron chi connectivity index (χ4n) is 3.08. The van der Waals surface area contributed by atoms with Gasteiger partial charge in [-0.25, -0.2) is 4.98 Å². The third-order valence-electron chi connectivity index (χ3n) is 4.42. The summed E-state index contributed by atoms with van der Waals surface area (Å²) in [6.45, 7) is 12.3. The zero-order valence-electron chi connectivity index (χ0n) is 14.4. The molecular formula is C17H26N6. The van der Waals surface area contributed by atoms with Gasteiger partial charge in [-0.05, 0) is 38.0 Å². The van der Waals surface area contributed by atoms with Crippen LogP contribution in [0.4, 0.5) is 5.82 Å². The Bertz CT molecular complexity index is 642. The van der Waals surface area contributed by atoms with E-state index in [1.165, 1.54) is 5.56 Å². The highest BCUT2D eigenvalue weighted by molar-refractivity contribution is 5.41. The molecule has 0 atom stereocenters. The Morgan fingerprint density at radius 1 is 1.09 bits per heavy atom. The first kappa shape index (κ1) is 15.9. The second-order valence-corrected chi connectivity index (χ2v) is 6.27. The molecule has 2 aromatic rings. The van der Waals surface area contributed by atoms with E-state index in [9.17, 15) is 0 Å². The third-order valence-corrected chi connectivity index (χ3v) is 4.42. The van der Waals surface area contributed by atoms with Gasteiger partial charge in [0.15, 0.2) is 0 Å². The van der Waals surface area contributed by atoms with Crippen molar-refractivity contribution in [2.24, 2.45) is 0 Å². The second kappa shape index (κ2) is 7.08. The summed E-state index contributed by atoms with van der Waals surface area (Å²) in [5.74, 6) is 3.20. The number of anilines is 1. The Kier molecular flexibility index (Phi) is 4.91. The van der Waals surface area contributed by atoms with Gasteiger partial charge < -0.3 is 9.47 Å². The fraction of sp³-hybridized carbons (Fsp3) is 0.588. The normalized spacial score (nSPS) is 16.0. The summed E-state index contributed by atoms with van der Waals surface area (Å²) < 4.78 is 2.24. The molecule has 6 nitrogen and oxygen atoms in total. The SMILES string of the molecule is CCCn1c(C)nnc1CN1CCN(c2cc(C)ccn2)CC1. The molecule has 1 saturated heterocycles. The summed E-state index contributed by atoms with van der Waals surface area (Å²) in [7, 11) is 0. The van der Waals surface area contributed by atoms with Crippen molar-refractivity contribution in [3.05, 3.63) is 35.5 Å². The standard InChI is InChI=1S/C17H26N6/c1-4-7-23-15(3)19-20-17(23)13-21-8-10-22(11-9-21)16-12-14(2)5-6-18-16/h5-6,12H,4,7-11,13H2,1-3H3. The minimum atomic E-state index is 0.885. The first-order chi connectivity index (χ1) is 11.2. The second-order valence-electron chi connectivity index (χ2n) is 6.27. The first-order valence-corrected chi connectivity index (χ1v) is 8.46. The van der Waals surface area contributed by atoms with Gasteiger partial charge in [0, 0.05) is 38.9 Å². The number of piperazine rings is 1. The summed E-state index contributed by atoms with van der Waals surface area (Å²) in [4.78, 5) is 9.32. The van der Waals surface area contributed by atoms with Crippen molar-refractivity contribution in [1.82, 2.24) is 24.6 Å². The largest absolute Gasteiger partial charge is 0.354 e. The van der Waals surface area contributed by atoms with Crippen molar-refractivity contribution >= 4 is 5.82 Å². The van der Waals surface area contributed by atoms with E-state index in [1.807, 2.05) is 19.2 Å². The summed E-state index contributed by atoms with van der Waals surface area (Å²) in [6, 6.07) is 4.21. The number of pyridine rings is 1. The predicted molar refractivity (Wildman–Crippen MR) is 91.5 cm³/mol. The lowest BCUT2D eigenvalue weighted by atomic mass is 10.2. The molecule has 0 bridgehead atoms. The molecule has 0 aliphatic carbocycles. The van der Waals surface area contributed by atoms with Crippen LogP contribution in [0, 0.1) is 13.8 Å². The van der Waals surface area contributed by atoms with Crippen LogP contribution in [0.2, 0.25) is 0 Å². The van der Waals surface area contributed by atoms with Crippen molar-refractivity contribution in [3.63, 3.8) is 0 Å². The van der Waals surface area contributed by atoms with E-state index in [0.717, 1.165) is 63.2 Å². The maximum atomic E-state index is 4.50. The Labute approximate surface area is 138 Å². The van der Waals surface area contributed by atoms with Crippen LogP contribution in [0.5, 0.6) is 0 Å². The summed E-state index contributed by atoms with van der Waals surface area (Å²) >= 11 is 0. The first-order valence-electron chi connectivity index (χ1n) is 8.46. The molecule has 3 rings (SSSR count). The van der Waals surface area contributed by atoms with Crippen molar-refractivity contribution < 1.29 is 0 Å². The molecule has 1 aliphatic rings. The van der Waals surface area contributed by atoms with Crippen LogP contribution < -0.4 is 4.90 Å². The van der Waals surface area contributed by atoms with E-state index >= 15 is 0 Å². The summed E-state index contributed by atoms with van der Waals surface area (Å²) in [5.41, 5.74) is 1.26. The Morgan fingerprint density at radius 2 is 1.87 bits per heavy atom. The lowest BCUT2D eigenvalue weighted by Crippen LogP contribution is -2.46. The van der Waals surface area contributed by atoms with Gasteiger partial charge in [-0.15, -0.1) is 10.2 Å². The number of aromatic nitrogens is 4. The van der Waals surface area contributed by atoms with Crippen LogP contribution in [0.1, 0.15) is 30.6 Å². The lowest BCUT2D eigenvalue weighted by Gasteiger charge is -2.35. The van der Waals surface area contributed by atoms with E-state index in [2.05, 4.69) is 49.5 Å². The number of rotatable bonds is 5. The van der Waals surface area contributed by atoms with E-state index in [-0.39, 0.29) is 0 Å². The molecule has 124 valence electrons. The Morgan fingerprint density at radius 3 is 2.57 bits per heavy atom. The maximum absolute atomic E-state index is 4.50. The molecule has 0 saturated carbocycles. The molecule has 6 heteroatoms. The molecule has 0 unspecified atom stereocenters. The van der Waals surface area contributed by atoms with Gasteiger partial charge in [-0.3, -0.25) is 4.90 Å². The zero-order valence-corrected chi connectivity index (χ0v) is 14.4. The number of nitrogens with zero attached hydrogens (tertiary/aromatic N) is 6. The molecule has 2 aromatic heterocycles. The van der Waals surface area contributed by atoms with Crippen molar-refractivity contribution in [2.45, 2.75) is 40.3 Å². The van der Waals surface area contributed by atoms with Crippen molar-refractivity contribution in [3.8, 4) is 0 Å². The van der Waals surface area contributed by atoms with Gasteiger partial charge in [0.1, 0.15) is 17.5 Å². The zero-order chi connectivity index (χ0) is 16.2. The molecular weight excluding hydrogens is 288 g/mol. The quantitative estimate of drug-likeness (QED) is 0.845. The molecule has 3 heterocycles. The Balaban J connectivity index is 1.59. The molecule has 0 amide bonds. The summed E-state index contributed by atoms with van der Waals surface area (Å²) in [6.07, 6.45) is 3.01. The highest BCUT2D eigenvalue weighted by atomic mass is 15.3. The maximum Gasteiger partial charge on any atom is 0.147 e. The number of hydrogen-bond donors (Lipinski definition) is 0. The minimum absolute atomic E-state index is 0.885. The van der Waals surface area contributed by atoms with Crippen LogP contribution in [0.3, 0.4) is 0 Å². The average molecular weight is 314 g/mol. The molecule has 23 heavy (non-hydrogen) atoms. The Hall–Kier alpha value is -1.95. The van der Waals surface area contributed by atoms with Gasteiger partial charge >= 0.3 is 0 Å². The highest BCUT2D eigenvalue weighted by Gasteiger charge is 2.20. The van der Waals surface area contributed by atoms with Crippen LogP contribution >= 0.6 is 0 Å². The van der Waals surface area contributed by atoms with Crippen LogP contribution in [-0.4, -0.2) is 50.8 Å². The van der Waals surface area contributed by atoms with Gasteiger partial charge in [0.05, 0.1) is 6.54 Å². The van der Waals surface area contributed by atoms with Crippen molar-refractivity contribution in [1.29, 1.82) is 0 Å². The van der Waals surface area contributed by atoms with Gasteiger partial charge in [-0.2, -0.15) is 0 Å². The monoisotopic (exact) mass is 314 g/mol. The third kappa shape index (κ3) is 3.69. The van der Waals surface area contributed by atoms with E-state index in [0.29, 0.717) is 0 Å². The van der Waals surface area contributed by atoms with Crippen LogP contribution in [0.25, 0.3) is 0 Å². The van der Waals surface area contributed by atoms with Gasteiger partial charge in [0.2, 0.25) is 0 Å². The molecule has 1 fully saturated rings. The predicted octanol–water partition coefficient (Wildman–Crippen LogP) is 2.02. The van der Waals surface area contributed by atoms with Crippen molar-refractivity contribution in [2.75, 3.05) is 31.1 Å². The highest BCUT2D eigenvalue weighted by Crippen LogP contribution is 2.16. The minimum Gasteiger partial charge on any atom is -0.354 e. The summed E-state index contributed by atoms with van der Waals surface area (Å²) in [5, 5.41) is 8.60. The lowest BCUT2D eigenvalue weighted by molar-refractivity contribution is 0.239. The smallest absolute Gasteiger partial charge is 0.147 e. The fourth-order valence-corrected chi connectivity index (χ4v) is 3.08. The molecule has 0 N–H and O–H groups in total. The molecule has 0 radical (unpaired) electrons. The number of hydrogen-bond acceptors (Lipinski definition) is 5. The van der Waals surface area contributed by atoms with Gasteiger partial charge in [-0.1, -0.05) is 6.92 Å². The van der Waals surface area contributed by atoms with E-state index in [4.69, 9.17) is 0 Å². The van der Waals surface area contributed by atoms with Crippen LogP contribution in [-0.2, 0) is 13.1 Å². The molecule has 0 aromatic carbocycles. The number of aryl methyl sites for hydroxylation is 2. The topological polar surface area (TPSA) is 50.1 Å². The molecule has 0 spiro atoms. The van der Waals surface area contributed by atoms with E-state index in [1.54, 1.807) is 0 Å². The average Bonchev–Trinajstić information content (AvgIpc) is 2.89. The van der Waals surface area contributed by atoms with Crippen LogP contribution in [0.15, 0.2) is 18.3 Å². The van der Waals surface area contributed by atoms with E-state index < -0.39 is 0 Å². The van der Waals surface area contributed by atoms with Gasteiger partial charge in [0.25, 0.3) is 0 Å².